The highest BCUT2D eigenvalue weighted by atomic mass is 16.2. The summed E-state index contributed by atoms with van der Waals surface area (Å²) in [6.45, 7) is 5.44. The Labute approximate surface area is 174 Å². The summed E-state index contributed by atoms with van der Waals surface area (Å²) in [5.74, 6) is 1.33. The van der Waals surface area contributed by atoms with Gasteiger partial charge in [0.05, 0.1) is 0 Å². The molecule has 0 radical (unpaired) electrons. The molecule has 1 aliphatic rings. The Balaban J connectivity index is 1.47. The smallest absolute Gasteiger partial charge is 0.253 e. The molecule has 1 amide bonds. The van der Waals surface area contributed by atoms with Gasteiger partial charge in [0, 0.05) is 38.8 Å². The molecule has 1 heterocycles. The van der Waals surface area contributed by atoms with E-state index in [2.05, 4.69) is 46.8 Å². The zero-order chi connectivity index (χ0) is 20.5. The van der Waals surface area contributed by atoms with Crippen molar-refractivity contribution in [1.82, 2.24) is 15.5 Å². The molecule has 5 heteroatoms. The Morgan fingerprint density at radius 2 is 1.69 bits per heavy atom. The summed E-state index contributed by atoms with van der Waals surface area (Å²) in [7, 11) is 1.78. The highest BCUT2D eigenvalue weighted by Crippen LogP contribution is 2.14. The van der Waals surface area contributed by atoms with Crippen molar-refractivity contribution in [2.45, 2.75) is 38.6 Å². The Kier molecular flexibility index (Phi) is 7.68. The molecule has 0 aliphatic carbocycles. The van der Waals surface area contributed by atoms with Crippen LogP contribution in [0, 0.1) is 0 Å². The molecular weight excluding hydrogens is 360 g/mol. The van der Waals surface area contributed by atoms with E-state index in [9.17, 15) is 4.79 Å². The minimum absolute atomic E-state index is 0.150. The number of hydrogen-bond acceptors (Lipinski definition) is 2. The number of nitrogens with zero attached hydrogens (tertiary/aromatic N) is 2. The third kappa shape index (κ3) is 6.08. The van der Waals surface area contributed by atoms with E-state index in [0.717, 1.165) is 49.6 Å². The van der Waals surface area contributed by atoms with Crippen LogP contribution >= 0.6 is 0 Å². The van der Waals surface area contributed by atoms with Crippen molar-refractivity contribution in [3.63, 3.8) is 0 Å². The first-order valence-electron chi connectivity index (χ1n) is 10.5. The summed E-state index contributed by atoms with van der Waals surface area (Å²) in [4.78, 5) is 18.8. The average Bonchev–Trinajstić information content (AvgIpc) is 2.80. The number of carbonyl (C=O) groups is 1. The SMILES string of the molecule is CN=C(NCc1ccc(C(=O)N2CCCCC2)cc1)NCC(C)c1ccccc1. The van der Waals surface area contributed by atoms with Gasteiger partial charge in [-0.15, -0.1) is 0 Å². The van der Waals surface area contributed by atoms with Gasteiger partial charge in [0.25, 0.3) is 5.91 Å². The molecule has 0 saturated carbocycles. The van der Waals surface area contributed by atoms with Crippen molar-refractivity contribution in [2.24, 2.45) is 4.99 Å². The molecule has 0 spiro atoms. The minimum atomic E-state index is 0.150. The van der Waals surface area contributed by atoms with Crippen LogP contribution in [-0.2, 0) is 6.54 Å². The van der Waals surface area contributed by atoms with Crippen molar-refractivity contribution in [3.05, 3.63) is 71.3 Å². The van der Waals surface area contributed by atoms with E-state index in [-0.39, 0.29) is 5.91 Å². The van der Waals surface area contributed by atoms with Crippen molar-refractivity contribution in [3.8, 4) is 0 Å². The molecule has 3 rings (SSSR count). The molecule has 1 unspecified atom stereocenters. The van der Waals surface area contributed by atoms with Crippen LogP contribution in [-0.4, -0.2) is 43.4 Å². The second-order valence-electron chi connectivity index (χ2n) is 7.67. The Morgan fingerprint density at radius 3 is 2.34 bits per heavy atom. The van der Waals surface area contributed by atoms with Crippen molar-refractivity contribution < 1.29 is 4.79 Å². The molecular formula is C24H32N4O. The number of carbonyl (C=O) groups excluding carboxylic acids is 1. The van der Waals surface area contributed by atoms with Gasteiger partial charge < -0.3 is 15.5 Å². The van der Waals surface area contributed by atoms with Crippen LogP contribution in [0.2, 0.25) is 0 Å². The summed E-state index contributed by atoms with van der Waals surface area (Å²) in [5, 5.41) is 6.74. The van der Waals surface area contributed by atoms with E-state index in [1.165, 1.54) is 12.0 Å². The van der Waals surface area contributed by atoms with Crippen LogP contribution in [0.4, 0.5) is 0 Å². The number of benzene rings is 2. The quantitative estimate of drug-likeness (QED) is 0.581. The summed E-state index contributed by atoms with van der Waals surface area (Å²) in [5.41, 5.74) is 3.21. The van der Waals surface area contributed by atoms with Crippen molar-refractivity contribution in [1.29, 1.82) is 0 Å². The maximum Gasteiger partial charge on any atom is 0.253 e. The molecule has 2 aromatic carbocycles. The number of guanidine groups is 1. The lowest BCUT2D eigenvalue weighted by atomic mass is 10.0. The topological polar surface area (TPSA) is 56.7 Å². The standard InChI is InChI=1S/C24H32N4O/c1-19(21-9-5-3-6-10-21)17-26-24(25-2)27-18-20-11-13-22(14-12-20)23(29)28-15-7-4-8-16-28/h3,5-6,9-14,19H,4,7-8,15-18H2,1-2H3,(H2,25,26,27). The number of aliphatic imine (C=N–C) groups is 1. The maximum absolute atomic E-state index is 12.6. The van der Waals surface area contributed by atoms with Gasteiger partial charge in [-0.25, -0.2) is 0 Å². The molecule has 5 nitrogen and oxygen atoms in total. The van der Waals surface area contributed by atoms with Crippen LogP contribution < -0.4 is 10.6 Å². The molecule has 154 valence electrons. The molecule has 2 aromatic rings. The van der Waals surface area contributed by atoms with Crippen LogP contribution in [0.5, 0.6) is 0 Å². The molecule has 1 fully saturated rings. The number of hydrogen-bond donors (Lipinski definition) is 2. The lowest BCUT2D eigenvalue weighted by Gasteiger charge is -2.26. The molecule has 1 saturated heterocycles. The number of amides is 1. The van der Waals surface area contributed by atoms with E-state index in [1.54, 1.807) is 7.05 Å². The van der Waals surface area contributed by atoms with Gasteiger partial charge in [-0.2, -0.15) is 0 Å². The van der Waals surface area contributed by atoms with Gasteiger partial charge in [0.1, 0.15) is 0 Å². The van der Waals surface area contributed by atoms with E-state index >= 15 is 0 Å². The second kappa shape index (κ2) is 10.6. The van der Waals surface area contributed by atoms with E-state index in [1.807, 2.05) is 35.2 Å². The zero-order valence-electron chi connectivity index (χ0n) is 17.5. The summed E-state index contributed by atoms with van der Waals surface area (Å²) >= 11 is 0. The van der Waals surface area contributed by atoms with Crippen LogP contribution in [0.25, 0.3) is 0 Å². The third-order valence-electron chi connectivity index (χ3n) is 5.47. The van der Waals surface area contributed by atoms with Gasteiger partial charge in [-0.1, -0.05) is 49.4 Å². The fraction of sp³-hybridized carbons (Fsp3) is 0.417. The first kappa shape index (κ1) is 20.9. The Hall–Kier alpha value is -2.82. The normalized spacial score (nSPS) is 15.7. The highest BCUT2D eigenvalue weighted by molar-refractivity contribution is 5.94. The van der Waals surface area contributed by atoms with Crippen LogP contribution in [0.15, 0.2) is 59.6 Å². The number of likely N-dealkylation sites (tertiary alicyclic amines) is 1. The van der Waals surface area contributed by atoms with Crippen LogP contribution in [0.3, 0.4) is 0 Å². The largest absolute Gasteiger partial charge is 0.356 e. The van der Waals surface area contributed by atoms with E-state index in [0.29, 0.717) is 12.5 Å². The summed E-state index contributed by atoms with van der Waals surface area (Å²) < 4.78 is 0. The lowest BCUT2D eigenvalue weighted by Crippen LogP contribution is -2.38. The number of rotatable bonds is 6. The van der Waals surface area contributed by atoms with E-state index < -0.39 is 0 Å². The molecule has 29 heavy (non-hydrogen) atoms. The van der Waals surface area contributed by atoms with Crippen molar-refractivity contribution in [2.75, 3.05) is 26.7 Å². The number of nitrogens with one attached hydrogen (secondary N) is 2. The zero-order valence-corrected chi connectivity index (χ0v) is 17.5. The van der Waals surface area contributed by atoms with Gasteiger partial charge in [0.2, 0.25) is 0 Å². The third-order valence-corrected chi connectivity index (χ3v) is 5.47. The Bertz CT molecular complexity index is 795. The monoisotopic (exact) mass is 392 g/mol. The fourth-order valence-corrected chi connectivity index (χ4v) is 3.60. The van der Waals surface area contributed by atoms with Gasteiger partial charge in [-0.05, 0) is 48.4 Å². The van der Waals surface area contributed by atoms with Crippen LogP contribution in [0.1, 0.15) is 53.6 Å². The predicted molar refractivity (Wildman–Crippen MR) is 119 cm³/mol. The van der Waals surface area contributed by atoms with Gasteiger partial charge in [-0.3, -0.25) is 9.79 Å². The van der Waals surface area contributed by atoms with Gasteiger partial charge in [0.15, 0.2) is 5.96 Å². The number of piperidine rings is 1. The summed E-state index contributed by atoms with van der Waals surface area (Å²) in [6.07, 6.45) is 3.46. The first-order chi connectivity index (χ1) is 14.2. The molecule has 2 N–H and O–H groups in total. The highest BCUT2D eigenvalue weighted by Gasteiger charge is 2.17. The van der Waals surface area contributed by atoms with E-state index in [4.69, 9.17) is 0 Å². The molecule has 1 aliphatic heterocycles. The first-order valence-corrected chi connectivity index (χ1v) is 10.5. The predicted octanol–water partition coefficient (Wildman–Crippen LogP) is 3.78. The lowest BCUT2D eigenvalue weighted by molar-refractivity contribution is 0.0724. The van der Waals surface area contributed by atoms with Gasteiger partial charge >= 0.3 is 0 Å². The molecule has 0 aromatic heterocycles. The second-order valence-corrected chi connectivity index (χ2v) is 7.67. The Morgan fingerprint density at radius 1 is 1.00 bits per heavy atom. The molecule has 1 atom stereocenters. The summed E-state index contributed by atoms with van der Waals surface area (Å²) in [6, 6.07) is 18.4. The van der Waals surface area contributed by atoms with Crippen molar-refractivity contribution >= 4 is 11.9 Å². The maximum atomic E-state index is 12.6. The average molecular weight is 393 g/mol. The minimum Gasteiger partial charge on any atom is -0.356 e. The fourth-order valence-electron chi connectivity index (χ4n) is 3.60. The molecule has 0 bridgehead atoms.